The summed E-state index contributed by atoms with van der Waals surface area (Å²) in [4.78, 5) is 0. The Labute approximate surface area is 108 Å². The molecule has 3 N–H and O–H groups in total. The second-order valence-corrected chi connectivity index (χ2v) is 4.70. The first-order valence-electron chi connectivity index (χ1n) is 6.32. The van der Waals surface area contributed by atoms with Crippen molar-refractivity contribution in [2.45, 2.75) is 45.3 Å². The van der Waals surface area contributed by atoms with Gasteiger partial charge >= 0.3 is 0 Å². The van der Waals surface area contributed by atoms with E-state index in [1.165, 1.54) is 6.07 Å². The van der Waals surface area contributed by atoms with E-state index in [-0.39, 0.29) is 18.4 Å². The first kappa shape index (κ1) is 14.9. The van der Waals surface area contributed by atoms with Gasteiger partial charge in [-0.2, -0.15) is 0 Å². The lowest BCUT2D eigenvalue weighted by Gasteiger charge is -2.25. The molecule has 0 saturated carbocycles. The lowest BCUT2D eigenvalue weighted by molar-refractivity contribution is -0.0123. The molecule has 0 fully saturated rings. The number of hydrogen-bond donors (Lipinski definition) is 2. The molecule has 1 atom stereocenters. The molecule has 3 nitrogen and oxygen atoms in total. The Kier molecular flexibility index (Phi) is 5.11. The van der Waals surface area contributed by atoms with Crippen molar-refractivity contribution in [3.05, 3.63) is 29.6 Å². The van der Waals surface area contributed by atoms with Crippen LogP contribution in [0.5, 0.6) is 5.75 Å². The summed E-state index contributed by atoms with van der Waals surface area (Å²) in [5.74, 6) is -0.293. The predicted molar refractivity (Wildman–Crippen MR) is 70.0 cm³/mol. The summed E-state index contributed by atoms with van der Waals surface area (Å²) < 4.78 is 19.1. The van der Waals surface area contributed by atoms with Crippen LogP contribution in [-0.2, 0) is 0 Å². The molecule has 0 bridgehead atoms. The van der Waals surface area contributed by atoms with Crippen LogP contribution in [-0.4, -0.2) is 17.3 Å². The van der Waals surface area contributed by atoms with Crippen molar-refractivity contribution in [2.75, 3.05) is 6.61 Å². The molecule has 0 aliphatic heterocycles. The fourth-order valence-corrected chi connectivity index (χ4v) is 1.58. The van der Waals surface area contributed by atoms with E-state index in [4.69, 9.17) is 10.5 Å². The van der Waals surface area contributed by atoms with Crippen LogP contribution >= 0.6 is 0 Å². The summed E-state index contributed by atoms with van der Waals surface area (Å²) in [5, 5.41) is 10.1. The van der Waals surface area contributed by atoms with Gasteiger partial charge in [0.15, 0.2) is 11.6 Å². The van der Waals surface area contributed by atoms with Gasteiger partial charge in [0.05, 0.1) is 5.60 Å². The van der Waals surface area contributed by atoms with Crippen molar-refractivity contribution in [3.63, 3.8) is 0 Å². The highest BCUT2D eigenvalue weighted by molar-refractivity contribution is 5.30. The van der Waals surface area contributed by atoms with E-state index in [9.17, 15) is 9.50 Å². The second-order valence-electron chi connectivity index (χ2n) is 4.70. The summed E-state index contributed by atoms with van der Waals surface area (Å²) in [5.41, 5.74) is 5.50. The van der Waals surface area contributed by atoms with Gasteiger partial charge in [0.1, 0.15) is 6.61 Å². The smallest absolute Gasteiger partial charge is 0.165 e. The number of rotatable bonds is 6. The molecular formula is C14H22FNO2. The molecule has 0 spiro atoms. The highest BCUT2D eigenvalue weighted by Gasteiger charge is 2.23. The number of nitrogens with two attached hydrogens (primary N) is 1. The Hall–Kier alpha value is -1.13. The summed E-state index contributed by atoms with van der Waals surface area (Å²) in [6.45, 7) is 5.64. The first-order chi connectivity index (χ1) is 8.41. The van der Waals surface area contributed by atoms with Gasteiger partial charge < -0.3 is 15.6 Å². The third-order valence-electron chi connectivity index (χ3n) is 3.29. The average Bonchev–Trinajstić information content (AvgIpc) is 2.36. The van der Waals surface area contributed by atoms with Gasteiger partial charge in [-0.05, 0) is 37.5 Å². The van der Waals surface area contributed by atoms with Crippen LogP contribution in [0.3, 0.4) is 0 Å². The van der Waals surface area contributed by atoms with Gasteiger partial charge in [-0.25, -0.2) is 4.39 Å². The second kappa shape index (κ2) is 6.16. The number of hydrogen-bond acceptors (Lipinski definition) is 3. The largest absolute Gasteiger partial charge is 0.488 e. The molecule has 18 heavy (non-hydrogen) atoms. The molecule has 0 saturated heterocycles. The maximum atomic E-state index is 13.7. The SMILES string of the molecule is CCC(O)(CC)COc1ccc([C@H](C)N)cc1F. The van der Waals surface area contributed by atoms with Crippen molar-refractivity contribution < 1.29 is 14.2 Å². The summed E-state index contributed by atoms with van der Waals surface area (Å²) >= 11 is 0. The van der Waals surface area contributed by atoms with Crippen molar-refractivity contribution in [3.8, 4) is 5.75 Å². The summed E-state index contributed by atoms with van der Waals surface area (Å²) in [6, 6.07) is 4.45. The molecule has 1 aromatic rings. The van der Waals surface area contributed by atoms with Crippen LogP contribution < -0.4 is 10.5 Å². The average molecular weight is 255 g/mol. The maximum absolute atomic E-state index is 13.7. The third-order valence-corrected chi connectivity index (χ3v) is 3.29. The summed E-state index contributed by atoms with van der Waals surface area (Å²) in [6.07, 6.45) is 1.14. The standard InChI is InChI=1S/C14H22FNO2/c1-4-14(17,5-2)9-18-13-7-6-11(10(3)16)8-12(13)15/h6-8,10,17H,4-5,9,16H2,1-3H3/t10-/m0/s1. The van der Waals surface area contributed by atoms with Crippen LogP contribution in [0.1, 0.15) is 45.2 Å². The molecule has 102 valence electrons. The van der Waals surface area contributed by atoms with Crippen molar-refractivity contribution in [1.29, 1.82) is 0 Å². The topological polar surface area (TPSA) is 55.5 Å². The molecule has 4 heteroatoms. The Bertz CT molecular complexity index is 389. The van der Waals surface area contributed by atoms with E-state index in [1.54, 1.807) is 19.1 Å². The van der Waals surface area contributed by atoms with E-state index in [1.807, 2.05) is 13.8 Å². The zero-order valence-corrected chi connectivity index (χ0v) is 11.2. The Balaban J connectivity index is 2.74. The molecule has 0 amide bonds. The van der Waals surface area contributed by atoms with Gasteiger partial charge in [-0.1, -0.05) is 19.9 Å². The van der Waals surface area contributed by atoms with Gasteiger partial charge in [-0.15, -0.1) is 0 Å². The highest BCUT2D eigenvalue weighted by atomic mass is 19.1. The van der Waals surface area contributed by atoms with Crippen molar-refractivity contribution >= 4 is 0 Å². The van der Waals surface area contributed by atoms with Crippen LogP contribution in [0.4, 0.5) is 4.39 Å². The molecule has 0 unspecified atom stereocenters. The number of halogens is 1. The molecule has 0 aliphatic carbocycles. The van der Waals surface area contributed by atoms with Crippen molar-refractivity contribution in [1.82, 2.24) is 0 Å². The number of ether oxygens (including phenoxy) is 1. The fraction of sp³-hybridized carbons (Fsp3) is 0.571. The minimum atomic E-state index is -0.897. The van der Waals surface area contributed by atoms with Gasteiger partial charge in [0.25, 0.3) is 0 Å². The first-order valence-corrected chi connectivity index (χ1v) is 6.32. The van der Waals surface area contributed by atoms with E-state index in [2.05, 4.69) is 0 Å². The zero-order chi connectivity index (χ0) is 13.8. The quantitative estimate of drug-likeness (QED) is 0.821. The highest BCUT2D eigenvalue weighted by Crippen LogP contribution is 2.23. The maximum Gasteiger partial charge on any atom is 0.165 e. The van der Waals surface area contributed by atoms with Crippen LogP contribution in [0.25, 0.3) is 0 Å². The predicted octanol–water partition coefficient (Wildman–Crippen LogP) is 2.78. The number of aliphatic hydroxyl groups is 1. The van der Waals surface area contributed by atoms with E-state index < -0.39 is 11.4 Å². The monoisotopic (exact) mass is 255 g/mol. The third kappa shape index (κ3) is 3.68. The minimum Gasteiger partial charge on any atom is -0.488 e. The van der Waals surface area contributed by atoms with Crippen molar-refractivity contribution in [2.24, 2.45) is 5.73 Å². The molecule has 0 heterocycles. The summed E-state index contributed by atoms with van der Waals surface area (Å²) in [7, 11) is 0. The molecule has 0 aromatic heterocycles. The van der Waals surface area contributed by atoms with Gasteiger partial charge in [0.2, 0.25) is 0 Å². The van der Waals surface area contributed by atoms with Crippen LogP contribution in [0, 0.1) is 5.82 Å². The fourth-order valence-electron chi connectivity index (χ4n) is 1.58. The Morgan fingerprint density at radius 2 is 2.00 bits per heavy atom. The molecule has 0 aliphatic rings. The van der Waals surface area contributed by atoms with Crippen LogP contribution in [0.15, 0.2) is 18.2 Å². The van der Waals surface area contributed by atoms with E-state index in [0.29, 0.717) is 12.8 Å². The van der Waals surface area contributed by atoms with E-state index in [0.717, 1.165) is 5.56 Å². The lowest BCUT2D eigenvalue weighted by Crippen LogP contribution is -2.34. The normalized spacial score (nSPS) is 13.4. The van der Waals surface area contributed by atoms with Gasteiger partial charge in [0, 0.05) is 6.04 Å². The minimum absolute atomic E-state index is 0.0917. The van der Waals surface area contributed by atoms with E-state index >= 15 is 0 Å². The zero-order valence-electron chi connectivity index (χ0n) is 11.2. The number of benzene rings is 1. The lowest BCUT2D eigenvalue weighted by atomic mass is 9.99. The van der Waals surface area contributed by atoms with Crippen LogP contribution in [0.2, 0.25) is 0 Å². The molecule has 0 radical (unpaired) electrons. The molecular weight excluding hydrogens is 233 g/mol. The Morgan fingerprint density at radius 3 is 2.44 bits per heavy atom. The van der Waals surface area contributed by atoms with Gasteiger partial charge in [-0.3, -0.25) is 0 Å². The molecule has 1 aromatic carbocycles. The Morgan fingerprint density at radius 1 is 1.39 bits per heavy atom. The molecule has 1 rings (SSSR count).